The minimum atomic E-state index is -0.639. The Hall–Kier alpha value is -1.88. The van der Waals surface area contributed by atoms with Crippen molar-refractivity contribution in [1.82, 2.24) is 10.6 Å². The maximum atomic E-state index is 12.4. The molecule has 0 saturated heterocycles. The predicted octanol–water partition coefficient (Wildman–Crippen LogP) is 1.38. The van der Waals surface area contributed by atoms with Gasteiger partial charge in [-0.3, -0.25) is 4.79 Å². The molecule has 116 valence electrons. The van der Waals surface area contributed by atoms with Gasteiger partial charge in [0, 0.05) is 5.56 Å². The molecule has 0 aliphatic carbocycles. The fourth-order valence-corrected chi connectivity index (χ4v) is 2.06. The Balaban J connectivity index is 2.90. The van der Waals surface area contributed by atoms with Gasteiger partial charge in [0.05, 0.1) is 7.11 Å². The number of nitrogens with one attached hydrogen (secondary N) is 2. The van der Waals surface area contributed by atoms with Crippen LogP contribution in [-0.4, -0.2) is 38.6 Å². The van der Waals surface area contributed by atoms with Crippen LogP contribution in [0.5, 0.6) is 0 Å². The van der Waals surface area contributed by atoms with Crippen LogP contribution in [0.2, 0.25) is 0 Å². The SMILES string of the molecule is CNCCc1ccccc1C(=O)N[C@H](C(=O)OC)C(C)C. The van der Waals surface area contributed by atoms with Gasteiger partial charge in [-0.15, -0.1) is 0 Å². The van der Waals surface area contributed by atoms with Gasteiger partial charge in [0.1, 0.15) is 6.04 Å². The molecule has 0 saturated carbocycles. The normalized spacial score (nSPS) is 12.0. The highest BCUT2D eigenvalue weighted by Gasteiger charge is 2.25. The molecular weight excluding hydrogens is 268 g/mol. The molecule has 1 rings (SSSR count). The second-order valence-corrected chi connectivity index (χ2v) is 5.23. The number of amides is 1. The van der Waals surface area contributed by atoms with Crippen molar-refractivity contribution in [3.05, 3.63) is 35.4 Å². The van der Waals surface area contributed by atoms with Crippen LogP contribution in [-0.2, 0) is 16.0 Å². The van der Waals surface area contributed by atoms with E-state index in [-0.39, 0.29) is 11.8 Å². The lowest BCUT2D eigenvalue weighted by Crippen LogP contribution is -2.45. The molecule has 0 spiro atoms. The third-order valence-corrected chi connectivity index (χ3v) is 3.31. The van der Waals surface area contributed by atoms with Gasteiger partial charge in [0.15, 0.2) is 0 Å². The Labute approximate surface area is 126 Å². The van der Waals surface area contributed by atoms with Crippen LogP contribution < -0.4 is 10.6 Å². The second-order valence-electron chi connectivity index (χ2n) is 5.23. The summed E-state index contributed by atoms with van der Waals surface area (Å²) in [4.78, 5) is 24.2. The average molecular weight is 292 g/mol. The molecular formula is C16H24N2O3. The van der Waals surface area contributed by atoms with E-state index in [4.69, 9.17) is 4.74 Å². The van der Waals surface area contributed by atoms with E-state index >= 15 is 0 Å². The topological polar surface area (TPSA) is 67.4 Å². The van der Waals surface area contributed by atoms with Crippen molar-refractivity contribution >= 4 is 11.9 Å². The third-order valence-electron chi connectivity index (χ3n) is 3.31. The zero-order chi connectivity index (χ0) is 15.8. The van der Waals surface area contributed by atoms with Gasteiger partial charge in [0.2, 0.25) is 0 Å². The molecule has 21 heavy (non-hydrogen) atoms. The number of hydrogen-bond acceptors (Lipinski definition) is 4. The Bertz CT molecular complexity index is 486. The number of carbonyl (C=O) groups is 2. The summed E-state index contributed by atoms with van der Waals surface area (Å²) in [6.45, 7) is 4.53. The van der Waals surface area contributed by atoms with Crippen LogP contribution in [0.25, 0.3) is 0 Å². The van der Waals surface area contributed by atoms with E-state index < -0.39 is 12.0 Å². The minimum Gasteiger partial charge on any atom is -0.467 e. The van der Waals surface area contributed by atoms with Crippen molar-refractivity contribution < 1.29 is 14.3 Å². The number of benzene rings is 1. The quantitative estimate of drug-likeness (QED) is 0.745. The highest BCUT2D eigenvalue weighted by atomic mass is 16.5. The molecule has 1 aromatic rings. The molecule has 0 bridgehead atoms. The van der Waals surface area contributed by atoms with Crippen molar-refractivity contribution in [1.29, 1.82) is 0 Å². The summed E-state index contributed by atoms with van der Waals surface area (Å²) in [5.41, 5.74) is 1.55. The molecule has 1 amide bonds. The van der Waals surface area contributed by atoms with Gasteiger partial charge in [-0.25, -0.2) is 4.79 Å². The number of esters is 1. The first kappa shape index (κ1) is 17.2. The summed E-state index contributed by atoms with van der Waals surface area (Å²) in [6, 6.07) is 6.78. The zero-order valence-corrected chi connectivity index (χ0v) is 13.1. The maximum Gasteiger partial charge on any atom is 0.328 e. The van der Waals surface area contributed by atoms with E-state index in [1.807, 2.05) is 39.1 Å². The van der Waals surface area contributed by atoms with Crippen LogP contribution in [0.3, 0.4) is 0 Å². The summed E-state index contributed by atoms with van der Waals surface area (Å²) >= 11 is 0. The van der Waals surface area contributed by atoms with Crippen LogP contribution in [0.15, 0.2) is 24.3 Å². The first-order valence-corrected chi connectivity index (χ1v) is 7.12. The number of carbonyl (C=O) groups excluding carboxylic acids is 2. The molecule has 1 aromatic carbocycles. The van der Waals surface area contributed by atoms with Gasteiger partial charge < -0.3 is 15.4 Å². The number of ether oxygens (including phenoxy) is 1. The molecule has 0 fully saturated rings. The van der Waals surface area contributed by atoms with E-state index in [0.717, 1.165) is 18.5 Å². The molecule has 0 aromatic heterocycles. The van der Waals surface area contributed by atoms with Gasteiger partial charge in [-0.1, -0.05) is 32.0 Å². The maximum absolute atomic E-state index is 12.4. The van der Waals surface area contributed by atoms with Crippen molar-refractivity contribution in [3.8, 4) is 0 Å². The van der Waals surface area contributed by atoms with Crippen molar-refractivity contribution in [2.75, 3.05) is 20.7 Å². The van der Waals surface area contributed by atoms with Crippen molar-refractivity contribution in [2.24, 2.45) is 5.92 Å². The molecule has 5 nitrogen and oxygen atoms in total. The highest BCUT2D eigenvalue weighted by molar-refractivity contribution is 5.98. The Kier molecular flexibility index (Phi) is 6.88. The van der Waals surface area contributed by atoms with Crippen molar-refractivity contribution in [3.63, 3.8) is 0 Å². The summed E-state index contributed by atoms with van der Waals surface area (Å²) in [7, 11) is 3.19. The Morgan fingerprint density at radius 1 is 1.24 bits per heavy atom. The fraction of sp³-hybridized carbons (Fsp3) is 0.500. The van der Waals surface area contributed by atoms with Crippen LogP contribution in [0, 0.1) is 5.92 Å². The van der Waals surface area contributed by atoms with E-state index in [9.17, 15) is 9.59 Å². The molecule has 0 radical (unpaired) electrons. The lowest BCUT2D eigenvalue weighted by molar-refractivity contribution is -0.144. The monoisotopic (exact) mass is 292 g/mol. The lowest BCUT2D eigenvalue weighted by atomic mass is 10.0. The molecule has 0 aliphatic heterocycles. The summed E-state index contributed by atoms with van der Waals surface area (Å²) < 4.78 is 4.74. The second kappa shape index (κ2) is 8.42. The largest absolute Gasteiger partial charge is 0.467 e. The first-order valence-electron chi connectivity index (χ1n) is 7.12. The van der Waals surface area contributed by atoms with Crippen LogP contribution >= 0.6 is 0 Å². The van der Waals surface area contributed by atoms with E-state index in [2.05, 4.69) is 10.6 Å². The molecule has 5 heteroatoms. The average Bonchev–Trinajstić information content (AvgIpc) is 2.49. The predicted molar refractivity (Wildman–Crippen MR) is 82.2 cm³/mol. The zero-order valence-electron chi connectivity index (χ0n) is 13.1. The minimum absolute atomic E-state index is 0.0362. The van der Waals surface area contributed by atoms with Gasteiger partial charge in [0.25, 0.3) is 5.91 Å². The number of methoxy groups -OCH3 is 1. The van der Waals surface area contributed by atoms with E-state index in [1.165, 1.54) is 7.11 Å². The molecule has 0 heterocycles. The van der Waals surface area contributed by atoms with Gasteiger partial charge in [-0.2, -0.15) is 0 Å². The van der Waals surface area contributed by atoms with Crippen LogP contribution in [0.1, 0.15) is 29.8 Å². The third kappa shape index (κ3) is 4.86. The number of likely N-dealkylation sites (N-methyl/N-ethyl adjacent to an activating group) is 1. The van der Waals surface area contributed by atoms with Gasteiger partial charge >= 0.3 is 5.97 Å². The summed E-state index contributed by atoms with van der Waals surface area (Å²) in [5, 5.41) is 5.83. The standard InChI is InChI=1S/C16H24N2O3/c1-11(2)14(16(20)21-4)18-15(19)13-8-6-5-7-12(13)9-10-17-3/h5-8,11,14,17H,9-10H2,1-4H3,(H,18,19)/t14-/m0/s1. The lowest BCUT2D eigenvalue weighted by Gasteiger charge is -2.20. The fourth-order valence-electron chi connectivity index (χ4n) is 2.06. The molecule has 0 unspecified atom stereocenters. The van der Waals surface area contributed by atoms with Crippen molar-refractivity contribution in [2.45, 2.75) is 26.3 Å². The Morgan fingerprint density at radius 2 is 1.90 bits per heavy atom. The molecule has 1 atom stereocenters. The number of hydrogen-bond donors (Lipinski definition) is 2. The van der Waals surface area contributed by atoms with E-state index in [1.54, 1.807) is 6.07 Å². The number of rotatable bonds is 7. The summed E-state index contributed by atoms with van der Waals surface area (Å²) in [5.74, 6) is -0.706. The molecule has 0 aliphatic rings. The summed E-state index contributed by atoms with van der Waals surface area (Å²) in [6.07, 6.45) is 0.755. The van der Waals surface area contributed by atoms with Gasteiger partial charge in [-0.05, 0) is 37.6 Å². The van der Waals surface area contributed by atoms with Crippen LogP contribution in [0.4, 0.5) is 0 Å². The van der Waals surface area contributed by atoms with E-state index in [0.29, 0.717) is 5.56 Å². The smallest absolute Gasteiger partial charge is 0.328 e. The Morgan fingerprint density at radius 3 is 2.48 bits per heavy atom. The molecule has 2 N–H and O–H groups in total. The first-order chi connectivity index (χ1) is 10.0. The highest BCUT2D eigenvalue weighted by Crippen LogP contribution is 2.11.